The quantitative estimate of drug-likeness (QED) is 0.862. The molecule has 0 radical (unpaired) electrons. The van der Waals surface area contributed by atoms with Gasteiger partial charge in [-0.25, -0.2) is 0 Å². The van der Waals surface area contributed by atoms with Crippen LogP contribution in [0.4, 0.5) is 5.69 Å². The van der Waals surface area contributed by atoms with Gasteiger partial charge in [0, 0.05) is 25.3 Å². The molecule has 2 nitrogen and oxygen atoms in total. The highest BCUT2D eigenvalue weighted by molar-refractivity contribution is 5.58. The summed E-state index contributed by atoms with van der Waals surface area (Å²) < 4.78 is 0. The first kappa shape index (κ1) is 12.4. The van der Waals surface area contributed by atoms with Crippen LogP contribution in [-0.2, 0) is 0 Å². The topological polar surface area (TPSA) is 15.3 Å². The average Bonchev–Trinajstić information content (AvgIpc) is 2.30. The molecule has 2 rings (SSSR count). The van der Waals surface area contributed by atoms with Gasteiger partial charge in [-0.1, -0.05) is 24.6 Å². The minimum atomic E-state index is 0.660. The average molecular weight is 232 g/mol. The van der Waals surface area contributed by atoms with Crippen LogP contribution in [-0.4, -0.2) is 26.2 Å². The Bertz CT molecular complexity index is 347. The first-order valence-electron chi connectivity index (χ1n) is 6.69. The maximum Gasteiger partial charge on any atom is 0.0423 e. The second-order valence-electron chi connectivity index (χ2n) is 5.27. The van der Waals surface area contributed by atoms with E-state index in [1.54, 1.807) is 0 Å². The highest BCUT2D eigenvalue weighted by Crippen LogP contribution is 2.24. The zero-order valence-corrected chi connectivity index (χ0v) is 11.3. The van der Waals surface area contributed by atoms with Gasteiger partial charge in [0.15, 0.2) is 0 Å². The Morgan fingerprint density at radius 1 is 1.24 bits per heavy atom. The highest BCUT2D eigenvalue weighted by Gasteiger charge is 2.16. The van der Waals surface area contributed by atoms with Gasteiger partial charge in [-0.05, 0) is 44.4 Å². The summed E-state index contributed by atoms with van der Waals surface area (Å²) in [6, 6.07) is 7.20. The van der Waals surface area contributed by atoms with E-state index in [0.29, 0.717) is 6.04 Å². The van der Waals surface area contributed by atoms with Gasteiger partial charge in [-0.3, -0.25) is 0 Å². The Hall–Kier alpha value is -1.02. The van der Waals surface area contributed by atoms with Crippen LogP contribution in [0.25, 0.3) is 0 Å². The van der Waals surface area contributed by atoms with Crippen LogP contribution in [0, 0.1) is 13.8 Å². The van der Waals surface area contributed by atoms with E-state index in [4.69, 9.17) is 0 Å². The van der Waals surface area contributed by atoms with Crippen LogP contribution >= 0.6 is 0 Å². The lowest BCUT2D eigenvalue weighted by Gasteiger charge is -2.31. The summed E-state index contributed by atoms with van der Waals surface area (Å²) in [5, 5.41) is 3.62. The smallest absolute Gasteiger partial charge is 0.0423 e. The molecule has 0 aromatic heterocycles. The predicted molar refractivity (Wildman–Crippen MR) is 74.8 cm³/mol. The first-order chi connectivity index (χ1) is 8.18. The predicted octanol–water partition coefficient (Wildman–Crippen LogP) is 2.88. The van der Waals surface area contributed by atoms with Crippen LogP contribution in [0.3, 0.4) is 0 Å². The van der Waals surface area contributed by atoms with Crippen molar-refractivity contribution in [3.05, 3.63) is 29.3 Å². The Balaban J connectivity index is 2.05. The van der Waals surface area contributed by atoms with Gasteiger partial charge in [0.1, 0.15) is 0 Å². The maximum atomic E-state index is 3.62. The van der Waals surface area contributed by atoms with Crippen molar-refractivity contribution in [3.8, 4) is 0 Å². The molecule has 0 amide bonds. The molecule has 1 aromatic rings. The van der Waals surface area contributed by atoms with E-state index < -0.39 is 0 Å². The number of likely N-dealkylation sites (N-methyl/N-ethyl adjacent to an activating group) is 1. The van der Waals surface area contributed by atoms with Crippen molar-refractivity contribution in [1.82, 2.24) is 5.32 Å². The molecule has 94 valence electrons. The van der Waals surface area contributed by atoms with Gasteiger partial charge >= 0.3 is 0 Å². The lowest BCUT2D eigenvalue weighted by Crippen LogP contribution is -2.42. The third-order valence-electron chi connectivity index (χ3n) is 3.73. The number of nitrogens with zero attached hydrogens (tertiary/aromatic N) is 1. The standard InChI is InChI=1S/C15H24N2/c1-12-7-6-8-13(2)15(12)17(3)11-14-9-4-5-10-16-14/h6-8,14,16H,4-5,9-11H2,1-3H3. The number of nitrogens with one attached hydrogen (secondary N) is 1. The number of anilines is 1. The fourth-order valence-corrected chi connectivity index (χ4v) is 2.91. The van der Waals surface area contributed by atoms with E-state index in [-0.39, 0.29) is 0 Å². The van der Waals surface area contributed by atoms with E-state index in [9.17, 15) is 0 Å². The Morgan fingerprint density at radius 3 is 2.53 bits per heavy atom. The lowest BCUT2D eigenvalue weighted by atomic mass is 10.0. The molecule has 0 bridgehead atoms. The molecule has 1 heterocycles. The summed E-state index contributed by atoms with van der Waals surface area (Å²) in [7, 11) is 2.21. The zero-order chi connectivity index (χ0) is 12.3. The Kier molecular flexibility index (Phi) is 4.06. The fourth-order valence-electron chi connectivity index (χ4n) is 2.91. The molecule has 0 spiro atoms. The molecule has 1 aliphatic rings. The normalized spacial score (nSPS) is 20.3. The number of piperidine rings is 1. The maximum absolute atomic E-state index is 3.62. The van der Waals surface area contributed by atoms with E-state index in [2.05, 4.69) is 49.3 Å². The molecule has 1 N–H and O–H groups in total. The van der Waals surface area contributed by atoms with Crippen LogP contribution < -0.4 is 10.2 Å². The Labute approximate surface area is 105 Å². The first-order valence-corrected chi connectivity index (χ1v) is 6.69. The van der Waals surface area contributed by atoms with Crippen molar-refractivity contribution in [3.63, 3.8) is 0 Å². The molecule has 1 fully saturated rings. The van der Waals surface area contributed by atoms with Crippen molar-refractivity contribution in [1.29, 1.82) is 0 Å². The summed E-state index contributed by atoms with van der Waals surface area (Å²) >= 11 is 0. The number of hydrogen-bond acceptors (Lipinski definition) is 2. The number of hydrogen-bond donors (Lipinski definition) is 1. The van der Waals surface area contributed by atoms with E-state index in [1.165, 1.54) is 42.6 Å². The third-order valence-corrected chi connectivity index (χ3v) is 3.73. The van der Waals surface area contributed by atoms with Crippen molar-refractivity contribution < 1.29 is 0 Å². The third kappa shape index (κ3) is 3.01. The fraction of sp³-hybridized carbons (Fsp3) is 0.600. The molecule has 0 saturated carbocycles. The largest absolute Gasteiger partial charge is 0.373 e. The lowest BCUT2D eigenvalue weighted by molar-refractivity contribution is 0.403. The number of para-hydroxylation sites is 1. The van der Waals surface area contributed by atoms with Crippen LogP contribution in [0.1, 0.15) is 30.4 Å². The van der Waals surface area contributed by atoms with Crippen molar-refractivity contribution in [2.75, 3.05) is 25.0 Å². The zero-order valence-electron chi connectivity index (χ0n) is 11.3. The summed E-state index contributed by atoms with van der Waals surface area (Å²) in [5.74, 6) is 0. The summed E-state index contributed by atoms with van der Waals surface area (Å²) in [4.78, 5) is 2.41. The highest BCUT2D eigenvalue weighted by atomic mass is 15.1. The van der Waals surface area contributed by atoms with Gasteiger partial charge in [0.25, 0.3) is 0 Å². The van der Waals surface area contributed by atoms with E-state index in [0.717, 1.165) is 6.54 Å². The monoisotopic (exact) mass is 232 g/mol. The molecule has 1 aromatic carbocycles. The second kappa shape index (κ2) is 5.54. The molecule has 2 heteroatoms. The van der Waals surface area contributed by atoms with Crippen molar-refractivity contribution >= 4 is 5.69 Å². The molecular formula is C15H24N2. The van der Waals surface area contributed by atoms with Gasteiger partial charge in [0.2, 0.25) is 0 Å². The number of aryl methyl sites for hydroxylation is 2. The van der Waals surface area contributed by atoms with Gasteiger partial charge < -0.3 is 10.2 Å². The molecule has 1 atom stereocenters. The molecule has 1 saturated heterocycles. The van der Waals surface area contributed by atoms with Crippen LogP contribution in [0.2, 0.25) is 0 Å². The molecule has 17 heavy (non-hydrogen) atoms. The summed E-state index contributed by atoms with van der Waals surface area (Å²) in [6.45, 7) is 6.71. The minimum absolute atomic E-state index is 0.660. The van der Waals surface area contributed by atoms with Crippen molar-refractivity contribution in [2.45, 2.75) is 39.2 Å². The molecule has 0 aliphatic carbocycles. The molecule has 1 unspecified atom stereocenters. The van der Waals surface area contributed by atoms with Gasteiger partial charge in [0.05, 0.1) is 0 Å². The molecule has 1 aliphatic heterocycles. The Morgan fingerprint density at radius 2 is 1.94 bits per heavy atom. The van der Waals surface area contributed by atoms with Crippen LogP contribution in [0.5, 0.6) is 0 Å². The second-order valence-corrected chi connectivity index (χ2v) is 5.27. The van der Waals surface area contributed by atoms with Crippen LogP contribution in [0.15, 0.2) is 18.2 Å². The summed E-state index contributed by atoms with van der Waals surface area (Å²) in [5.41, 5.74) is 4.16. The molecular weight excluding hydrogens is 208 g/mol. The van der Waals surface area contributed by atoms with Gasteiger partial charge in [-0.2, -0.15) is 0 Å². The van der Waals surface area contributed by atoms with E-state index in [1.807, 2.05) is 0 Å². The number of benzene rings is 1. The van der Waals surface area contributed by atoms with Gasteiger partial charge in [-0.15, -0.1) is 0 Å². The number of rotatable bonds is 3. The summed E-state index contributed by atoms with van der Waals surface area (Å²) in [6.07, 6.45) is 4.02. The minimum Gasteiger partial charge on any atom is -0.373 e. The SMILES string of the molecule is Cc1cccc(C)c1N(C)CC1CCCCN1. The van der Waals surface area contributed by atoms with Crippen molar-refractivity contribution in [2.24, 2.45) is 0 Å². The van der Waals surface area contributed by atoms with E-state index >= 15 is 0 Å².